The van der Waals surface area contributed by atoms with E-state index < -0.39 is 17.0 Å². The summed E-state index contributed by atoms with van der Waals surface area (Å²) in [7, 11) is 0. The number of thiazole rings is 1. The smallest absolute Gasteiger partial charge is 0.302 e. The molecule has 1 amide bonds. The van der Waals surface area contributed by atoms with E-state index in [9.17, 15) is 18.0 Å². The molecule has 116 valence electrons. The van der Waals surface area contributed by atoms with Gasteiger partial charge in [-0.1, -0.05) is 22.8 Å². The first-order valence-corrected chi connectivity index (χ1v) is 7.23. The number of pyridine rings is 1. The quantitative estimate of drug-likeness (QED) is 0.868. The highest BCUT2D eigenvalue weighted by atomic mass is 32.1. The topological polar surface area (TPSA) is 54.9 Å². The van der Waals surface area contributed by atoms with Crippen molar-refractivity contribution in [3.05, 3.63) is 51.3 Å². The highest BCUT2D eigenvalue weighted by molar-refractivity contribution is 7.15. The molecule has 2 heterocycles. The third-order valence-electron chi connectivity index (χ3n) is 2.99. The monoisotopic (exact) mass is 335 g/mol. The van der Waals surface area contributed by atoms with Gasteiger partial charge in [-0.05, 0) is 22.9 Å². The van der Waals surface area contributed by atoms with Gasteiger partial charge < -0.3 is 5.32 Å². The van der Waals surface area contributed by atoms with Crippen molar-refractivity contribution in [3.8, 4) is 0 Å². The molecule has 8 heteroatoms. The number of anilines is 1. The Balaban J connectivity index is 1.77. The molecule has 0 aliphatic heterocycles. The molecule has 3 rings (SSSR count). The van der Waals surface area contributed by atoms with E-state index in [1.54, 1.807) is 24.5 Å². The Kier molecular flexibility index (Phi) is 3.88. The van der Waals surface area contributed by atoms with Gasteiger partial charge in [-0.25, -0.2) is 4.98 Å². The minimum atomic E-state index is -4.47. The van der Waals surface area contributed by atoms with E-state index in [1.165, 1.54) is 0 Å². The molecule has 0 fully saturated rings. The van der Waals surface area contributed by atoms with Crippen LogP contribution in [0.25, 0.3) is 11.8 Å². The number of carbonyl (C=O) groups is 1. The largest absolute Gasteiger partial charge is 0.427 e. The lowest BCUT2D eigenvalue weighted by Crippen LogP contribution is -2.31. The summed E-state index contributed by atoms with van der Waals surface area (Å²) >= 11 is 0.387. The van der Waals surface area contributed by atoms with Gasteiger partial charge in [0.1, 0.15) is 4.88 Å². The molecule has 0 saturated carbocycles. The Labute approximate surface area is 132 Å². The van der Waals surface area contributed by atoms with Crippen LogP contribution in [0.3, 0.4) is 0 Å². The van der Waals surface area contributed by atoms with E-state index in [0.717, 1.165) is 5.22 Å². The van der Waals surface area contributed by atoms with Gasteiger partial charge in [-0.2, -0.15) is 13.2 Å². The van der Waals surface area contributed by atoms with Crippen LogP contribution in [-0.2, 0) is 17.4 Å². The van der Waals surface area contributed by atoms with Crippen LogP contribution in [0, 0.1) is 0 Å². The van der Waals surface area contributed by atoms with Crippen LogP contribution in [-0.4, -0.2) is 15.9 Å². The lowest BCUT2D eigenvalue weighted by atomic mass is 10.1. The number of fused-ring (bicyclic) bond motifs is 1. The maximum atomic E-state index is 12.5. The van der Waals surface area contributed by atoms with E-state index >= 15 is 0 Å². The summed E-state index contributed by atoms with van der Waals surface area (Å²) in [6, 6.07) is 0. The molecule has 2 aromatic rings. The van der Waals surface area contributed by atoms with Crippen molar-refractivity contribution in [3.63, 3.8) is 0 Å². The van der Waals surface area contributed by atoms with Crippen molar-refractivity contribution in [1.82, 2.24) is 9.97 Å². The maximum Gasteiger partial charge on any atom is 0.427 e. The molecule has 0 spiro atoms. The molecule has 4 nitrogen and oxygen atoms in total. The lowest BCUT2D eigenvalue weighted by Gasteiger charge is -2.04. The molecule has 0 saturated heterocycles. The Hall–Kier alpha value is -2.66. The van der Waals surface area contributed by atoms with E-state index in [-0.39, 0.29) is 11.6 Å². The van der Waals surface area contributed by atoms with Crippen LogP contribution in [0.4, 0.5) is 18.3 Å². The summed E-state index contributed by atoms with van der Waals surface area (Å²) in [6.07, 6.45) is 2.80. The molecule has 0 radical (unpaired) electrons. The summed E-state index contributed by atoms with van der Waals surface area (Å²) < 4.78 is 37.5. The number of allylic oxidation sites excluding steroid dienone is 1. The van der Waals surface area contributed by atoms with Gasteiger partial charge in [0.2, 0.25) is 5.91 Å². The molecule has 23 heavy (non-hydrogen) atoms. The summed E-state index contributed by atoms with van der Waals surface area (Å²) in [5.74, 6) is -0.463. The van der Waals surface area contributed by atoms with E-state index in [1.807, 2.05) is 0 Å². The first kappa shape index (κ1) is 15.2. The SMILES string of the molecule is O=C(Cc1cncc2c1=CC=C=C=2)Nc1ncc(C(F)(F)F)s1. The van der Waals surface area contributed by atoms with Crippen molar-refractivity contribution in [2.24, 2.45) is 0 Å². The third kappa shape index (κ3) is 3.40. The fourth-order valence-corrected chi connectivity index (χ4v) is 2.69. The summed E-state index contributed by atoms with van der Waals surface area (Å²) in [5, 5.41) is 3.79. The van der Waals surface area contributed by atoms with Crippen molar-refractivity contribution < 1.29 is 18.0 Å². The number of nitrogens with one attached hydrogen (secondary N) is 1. The Morgan fingerprint density at radius 3 is 2.87 bits per heavy atom. The Morgan fingerprint density at radius 1 is 1.30 bits per heavy atom. The van der Waals surface area contributed by atoms with Crippen molar-refractivity contribution in [2.45, 2.75) is 12.6 Å². The average molecular weight is 335 g/mol. The lowest BCUT2D eigenvalue weighted by molar-refractivity contribution is -0.134. The zero-order chi connectivity index (χ0) is 16.4. The Morgan fingerprint density at radius 2 is 2.13 bits per heavy atom. The summed E-state index contributed by atoms with van der Waals surface area (Å²) in [4.78, 5) is 18.7. The van der Waals surface area contributed by atoms with Gasteiger partial charge in [0, 0.05) is 12.4 Å². The Bertz CT molecular complexity index is 965. The molecule has 2 aromatic heterocycles. The standard InChI is InChI=1S/C15H8F3N3OS/c16-15(17,18)12-8-20-14(23-12)21-13(22)5-10-7-19-6-9-3-1-2-4-11(9)10/h2,4,6-8H,5H2,(H,20,21,22). The molecular formula is C15H8F3N3OS. The van der Waals surface area contributed by atoms with Crippen LogP contribution < -0.4 is 15.8 Å². The molecule has 0 bridgehead atoms. The normalized spacial score (nSPS) is 12.3. The first-order valence-electron chi connectivity index (χ1n) is 6.41. The van der Waals surface area contributed by atoms with Crippen molar-refractivity contribution >= 4 is 34.2 Å². The second-order valence-electron chi connectivity index (χ2n) is 4.61. The molecule has 0 unspecified atom stereocenters. The van der Waals surface area contributed by atoms with E-state index in [2.05, 4.69) is 26.7 Å². The predicted octanol–water partition coefficient (Wildman–Crippen LogP) is 1.62. The van der Waals surface area contributed by atoms with Crippen LogP contribution in [0.5, 0.6) is 0 Å². The molecular weight excluding hydrogens is 327 g/mol. The number of halogens is 3. The highest BCUT2D eigenvalue weighted by Crippen LogP contribution is 2.34. The average Bonchev–Trinajstić information content (AvgIpc) is 2.96. The summed E-state index contributed by atoms with van der Waals surface area (Å²) in [5.41, 5.74) is 6.32. The number of amides is 1. The molecule has 1 aliphatic rings. The first-order chi connectivity index (χ1) is 10.9. The molecule has 0 aromatic carbocycles. The van der Waals surface area contributed by atoms with Gasteiger partial charge in [0.05, 0.1) is 17.8 Å². The fraction of sp³-hybridized carbons (Fsp3) is 0.133. The predicted molar refractivity (Wildman–Crippen MR) is 78.9 cm³/mol. The maximum absolute atomic E-state index is 12.5. The minimum absolute atomic E-state index is 0.0247. The van der Waals surface area contributed by atoms with Crippen LogP contribution in [0.1, 0.15) is 10.4 Å². The van der Waals surface area contributed by atoms with Gasteiger partial charge in [0.25, 0.3) is 0 Å². The van der Waals surface area contributed by atoms with Gasteiger partial charge >= 0.3 is 6.18 Å². The second kappa shape index (κ2) is 5.85. The number of carbonyl (C=O) groups excluding carboxylic acids is 1. The highest BCUT2D eigenvalue weighted by Gasteiger charge is 2.33. The van der Waals surface area contributed by atoms with Crippen molar-refractivity contribution in [2.75, 3.05) is 5.32 Å². The number of alkyl halides is 3. The number of hydrogen-bond acceptors (Lipinski definition) is 4. The number of nitrogens with zero attached hydrogens (tertiary/aromatic N) is 2. The fourth-order valence-electron chi connectivity index (χ4n) is 1.99. The van der Waals surface area contributed by atoms with E-state index in [4.69, 9.17) is 0 Å². The zero-order valence-electron chi connectivity index (χ0n) is 11.4. The van der Waals surface area contributed by atoms with Gasteiger partial charge in [-0.15, -0.1) is 0 Å². The van der Waals surface area contributed by atoms with Crippen LogP contribution in [0.2, 0.25) is 0 Å². The minimum Gasteiger partial charge on any atom is -0.302 e. The third-order valence-corrected chi connectivity index (χ3v) is 3.95. The van der Waals surface area contributed by atoms with E-state index in [0.29, 0.717) is 28.3 Å². The molecule has 0 atom stereocenters. The number of rotatable bonds is 3. The summed E-state index contributed by atoms with van der Waals surface area (Å²) in [6.45, 7) is 0. The van der Waals surface area contributed by atoms with Gasteiger partial charge in [0.15, 0.2) is 5.13 Å². The molecule has 1 aliphatic carbocycles. The number of hydrogen-bond donors (Lipinski definition) is 1. The zero-order valence-corrected chi connectivity index (χ0v) is 12.3. The molecule has 1 N–H and O–H groups in total. The van der Waals surface area contributed by atoms with Gasteiger partial charge in [-0.3, -0.25) is 9.78 Å². The van der Waals surface area contributed by atoms with Crippen LogP contribution in [0.15, 0.2) is 30.4 Å². The van der Waals surface area contributed by atoms with Crippen LogP contribution >= 0.6 is 11.3 Å². The van der Waals surface area contributed by atoms with Crippen molar-refractivity contribution in [1.29, 1.82) is 0 Å². The number of aromatic nitrogens is 2. The second-order valence-corrected chi connectivity index (χ2v) is 5.65.